The Labute approximate surface area is 145 Å². The third kappa shape index (κ3) is 3.09. The smallest absolute Gasteiger partial charge is 0.120 e. The van der Waals surface area contributed by atoms with E-state index >= 15 is 0 Å². The van der Waals surface area contributed by atoms with Gasteiger partial charge >= 0.3 is 0 Å². The van der Waals surface area contributed by atoms with Crippen molar-refractivity contribution in [2.75, 3.05) is 20.2 Å². The van der Waals surface area contributed by atoms with E-state index in [0.717, 1.165) is 48.7 Å². The minimum atomic E-state index is 0.363. The summed E-state index contributed by atoms with van der Waals surface area (Å²) >= 11 is 1.74. The van der Waals surface area contributed by atoms with Crippen molar-refractivity contribution in [3.05, 3.63) is 52.5 Å². The number of ether oxygens (including phenoxy) is 1. The van der Waals surface area contributed by atoms with Crippen molar-refractivity contribution in [2.45, 2.75) is 19.4 Å². The first kappa shape index (κ1) is 15.4. The maximum absolute atomic E-state index is 9.67. The third-order valence-electron chi connectivity index (χ3n) is 4.58. The number of hydrogen-bond acceptors (Lipinski definition) is 5. The second kappa shape index (κ2) is 6.42. The number of methoxy groups -OCH3 is 1. The highest BCUT2D eigenvalue weighted by Gasteiger charge is 2.16. The van der Waals surface area contributed by atoms with E-state index in [-0.39, 0.29) is 0 Å². The highest BCUT2D eigenvalue weighted by molar-refractivity contribution is 7.18. The summed E-state index contributed by atoms with van der Waals surface area (Å²) in [5.74, 6) is 1.24. The Bertz CT molecular complexity index is 875. The number of aromatic hydroxyl groups is 1. The van der Waals surface area contributed by atoms with Crippen LogP contribution < -0.4 is 4.74 Å². The van der Waals surface area contributed by atoms with Crippen LogP contribution in [-0.2, 0) is 19.4 Å². The van der Waals surface area contributed by atoms with Crippen LogP contribution in [0.4, 0.5) is 0 Å². The largest absolute Gasteiger partial charge is 0.508 e. The Hall–Kier alpha value is -2.11. The maximum Gasteiger partial charge on any atom is 0.120 e. The summed E-state index contributed by atoms with van der Waals surface area (Å²) in [6.07, 6.45) is 2.00. The van der Waals surface area contributed by atoms with Crippen LogP contribution in [0.15, 0.2) is 36.4 Å². The van der Waals surface area contributed by atoms with Crippen molar-refractivity contribution in [3.63, 3.8) is 0 Å². The lowest BCUT2D eigenvalue weighted by atomic mass is 10.0. The first-order valence-electron chi connectivity index (χ1n) is 8.18. The molecule has 1 aromatic heterocycles. The second-order valence-electron chi connectivity index (χ2n) is 6.17. The molecule has 0 atom stereocenters. The fourth-order valence-electron chi connectivity index (χ4n) is 3.25. The van der Waals surface area contributed by atoms with Gasteiger partial charge in [-0.2, -0.15) is 0 Å². The van der Waals surface area contributed by atoms with Gasteiger partial charge in [0.1, 0.15) is 16.5 Å². The van der Waals surface area contributed by atoms with Crippen LogP contribution in [-0.4, -0.2) is 35.2 Å². The summed E-state index contributed by atoms with van der Waals surface area (Å²) in [5.41, 5.74) is 3.66. The fraction of sp³-hybridized carbons (Fsp3) is 0.316. The van der Waals surface area contributed by atoms with E-state index in [1.165, 1.54) is 15.8 Å². The normalized spacial score (nSPS) is 15.2. The highest BCUT2D eigenvalue weighted by Crippen LogP contribution is 2.28. The summed E-state index contributed by atoms with van der Waals surface area (Å²) in [5, 5.41) is 10.8. The second-order valence-corrected chi connectivity index (χ2v) is 7.29. The lowest BCUT2D eigenvalue weighted by Crippen LogP contribution is -2.25. The van der Waals surface area contributed by atoms with Gasteiger partial charge in [0.15, 0.2) is 0 Å². The van der Waals surface area contributed by atoms with Crippen LogP contribution in [0.1, 0.15) is 16.1 Å². The van der Waals surface area contributed by atoms with Crippen molar-refractivity contribution in [1.82, 2.24) is 9.88 Å². The molecule has 0 bridgehead atoms. The fourth-order valence-corrected chi connectivity index (χ4v) is 4.29. The molecule has 1 N–H and O–H groups in total. The molecule has 0 unspecified atom stereocenters. The summed E-state index contributed by atoms with van der Waals surface area (Å²) in [7, 11) is 1.69. The van der Waals surface area contributed by atoms with Crippen LogP contribution in [0.5, 0.6) is 11.5 Å². The number of fused-ring (bicyclic) bond motifs is 2. The molecule has 0 amide bonds. The van der Waals surface area contributed by atoms with Gasteiger partial charge in [0.2, 0.25) is 0 Å². The molecule has 1 aliphatic rings. The standard InChI is InChI=1S/C19H20N2O2S/c1-23-16-4-5-17-18(11-16)24-19(20-17)12-21-8-6-13-2-3-15(22)10-14(13)7-9-21/h2-5,10-11,22H,6-9,12H2,1H3. The Morgan fingerprint density at radius 3 is 2.79 bits per heavy atom. The van der Waals surface area contributed by atoms with Crippen LogP contribution in [0.3, 0.4) is 0 Å². The number of hydrogen-bond donors (Lipinski definition) is 1. The average Bonchev–Trinajstić information content (AvgIpc) is 2.88. The molecule has 4 nitrogen and oxygen atoms in total. The summed E-state index contributed by atoms with van der Waals surface area (Å²) in [6, 6.07) is 11.8. The number of aromatic nitrogens is 1. The molecule has 0 saturated heterocycles. The zero-order valence-corrected chi connectivity index (χ0v) is 14.5. The topological polar surface area (TPSA) is 45.6 Å². The number of rotatable bonds is 3. The zero-order chi connectivity index (χ0) is 16.5. The number of thiazole rings is 1. The molecule has 124 valence electrons. The summed E-state index contributed by atoms with van der Waals surface area (Å²) in [6.45, 7) is 2.90. The van der Waals surface area contributed by atoms with Crippen molar-refractivity contribution in [1.29, 1.82) is 0 Å². The van der Waals surface area contributed by atoms with E-state index < -0.39 is 0 Å². The molecule has 24 heavy (non-hydrogen) atoms. The Morgan fingerprint density at radius 2 is 1.96 bits per heavy atom. The minimum absolute atomic E-state index is 0.363. The molecule has 3 aromatic rings. The monoisotopic (exact) mass is 340 g/mol. The predicted molar refractivity (Wildman–Crippen MR) is 97.0 cm³/mol. The highest BCUT2D eigenvalue weighted by atomic mass is 32.1. The number of phenols is 1. The summed E-state index contributed by atoms with van der Waals surface area (Å²) < 4.78 is 6.47. The Balaban J connectivity index is 1.50. The lowest BCUT2D eigenvalue weighted by Gasteiger charge is -2.17. The summed E-state index contributed by atoms with van der Waals surface area (Å²) in [4.78, 5) is 7.21. The lowest BCUT2D eigenvalue weighted by molar-refractivity contribution is 0.279. The van der Waals surface area contributed by atoms with Gasteiger partial charge in [-0.15, -0.1) is 11.3 Å². The van der Waals surface area contributed by atoms with Gasteiger partial charge in [-0.25, -0.2) is 4.98 Å². The molecule has 5 heteroatoms. The van der Waals surface area contributed by atoms with E-state index in [4.69, 9.17) is 9.72 Å². The molecule has 2 aromatic carbocycles. The van der Waals surface area contributed by atoms with Gasteiger partial charge in [0, 0.05) is 13.1 Å². The minimum Gasteiger partial charge on any atom is -0.508 e. The molecular formula is C19H20N2O2S. The molecule has 0 aliphatic carbocycles. The van der Waals surface area contributed by atoms with Gasteiger partial charge in [-0.3, -0.25) is 4.90 Å². The quantitative estimate of drug-likeness (QED) is 0.791. The maximum atomic E-state index is 9.67. The molecule has 1 aliphatic heterocycles. The van der Waals surface area contributed by atoms with Gasteiger partial charge in [0.25, 0.3) is 0 Å². The number of phenolic OH excluding ortho intramolecular Hbond substituents is 1. The molecule has 0 radical (unpaired) electrons. The van der Waals surface area contributed by atoms with Gasteiger partial charge in [0.05, 0.1) is 23.9 Å². The van der Waals surface area contributed by atoms with E-state index in [9.17, 15) is 5.11 Å². The van der Waals surface area contributed by atoms with Crippen LogP contribution in [0, 0.1) is 0 Å². The molecule has 0 spiro atoms. The Morgan fingerprint density at radius 1 is 1.12 bits per heavy atom. The SMILES string of the molecule is COc1ccc2nc(CN3CCc4ccc(O)cc4CC3)sc2c1. The Kier molecular flexibility index (Phi) is 4.12. The van der Waals surface area contributed by atoms with Crippen molar-refractivity contribution >= 4 is 21.6 Å². The first-order chi connectivity index (χ1) is 11.7. The van der Waals surface area contributed by atoms with Gasteiger partial charge in [-0.05, 0) is 54.3 Å². The molecule has 4 rings (SSSR count). The number of nitrogens with zero attached hydrogens (tertiary/aromatic N) is 2. The average molecular weight is 340 g/mol. The van der Waals surface area contributed by atoms with E-state index in [0.29, 0.717) is 5.75 Å². The van der Waals surface area contributed by atoms with Crippen LogP contribution >= 0.6 is 11.3 Å². The first-order valence-corrected chi connectivity index (χ1v) is 8.99. The predicted octanol–water partition coefficient (Wildman–Crippen LogP) is 3.61. The van der Waals surface area contributed by atoms with Crippen molar-refractivity contribution in [2.24, 2.45) is 0 Å². The van der Waals surface area contributed by atoms with Gasteiger partial charge < -0.3 is 9.84 Å². The van der Waals surface area contributed by atoms with E-state index in [2.05, 4.69) is 17.0 Å². The number of benzene rings is 2. The molecule has 2 heterocycles. The van der Waals surface area contributed by atoms with Crippen molar-refractivity contribution < 1.29 is 9.84 Å². The molecule has 0 fully saturated rings. The van der Waals surface area contributed by atoms with E-state index in [1.54, 1.807) is 24.5 Å². The van der Waals surface area contributed by atoms with Crippen molar-refractivity contribution in [3.8, 4) is 11.5 Å². The van der Waals surface area contributed by atoms with Gasteiger partial charge in [-0.1, -0.05) is 6.07 Å². The van der Waals surface area contributed by atoms with Crippen LogP contribution in [0.25, 0.3) is 10.2 Å². The third-order valence-corrected chi connectivity index (χ3v) is 5.59. The van der Waals surface area contributed by atoms with E-state index in [1.807, 2.05) is 18.2 Å². The molecular weight excluding hydrogens is 320 g/mol. The molecule has 0 saturated carbocycles. The van der Waals surface area contributed by atoms with Crippen LogP contribution in [0.2, 0.25) is 0 Å². The zero-order valence-electron chi connectivity index (χ0n) is 13.7.